The molecule has 0 spiro atoms. The van der Waals surface area contributed by atoms with Crippen LogP contribution in [0.2, 0.25) is 0 Å². The first kappa shape index (κ1) is 34.6. The van der Waals surface area contributed by atoms with Crippen LogP contribution in [0.15, 0.2) is 91.0 Å². The van der Waals surface area contributed by atoms with Crippen LogP contribution in [0.5, 0.6) is 0 Å². The molecule has 4 aromatic carbocycles. The molecule has 0 saturated heterocycles. The van der Waals surface area contributed by atoms with Crippen LogP contribution < -0.4 is 5.32 Å². The van der Waals surface area contributed by atoms with E-state index in [1.807, 2.05) is 12.1 Å². The molecular weight excluding hydrogens is 631 g/mol. The highest BCUT2D eigenvalue weighted by atomic mass is 32.2. The van der Waals surface area contributed by atoms with Crippen LogP contribution in [-0.2, 0) is 22.0 Å². The van der Waals surface area contributed by atoms with Gasteiger partial charge in [-0.15, -0.1) is 0 Å². The minimum Gasteiger partial charge on any atom is -0.351 e. The molecule has 1 aromatic heterocycles. The van der Waals surface area contributed by atoms with Crippen molar-refractivity contribution < 1.29 is 17.8 Å². The van der Waals surface area contributed by atoms with E-state index in [0.29, 0.717) is 17.9 Å². The molecule has 5 aromatic rings. The van der Waals surface area contributed by atoms with Crippen molar-refractivity contribution >= 4 is 27.1 Å². The number of nitrogens with zero attached hydrogens (tertiary/aromatic N) is 1. The quantitative estimate of drug-likeness (QED) is 0.128. The van der Waals surface area contributed by atoms with E-state index < -0.39 is 21.8 Å². The molecule has 7 nitrogen and oxygen atoms in total. The SMILES string of the molecule is CC1CCC(c2ccc3nc(C(Cc4ccc(C(=O)NCCS(=O)(=O)O)cc4)c4ccc(-c5ccc(C(C)(C)C)cc5)cc4)[nH]c3c2)CC1. The maximum Gasteiger partial charge on any atom is 0.266 e. The lowest BCUT2D eigenvalue weighted by Gasteiger charge is -2.26. The van der Waals surface area contributed by atoms with E-state index in [-0.39, 0.29) is 17.9 Å². The summed E-state index contributed by atoms with van der Waals surface area (Å²) in [5, 5.41) is 2.55. The summed E-state index contributed by atoms with van der Waals surface area (Å²) in [5.41, 5.74) is 9.75. The molecule has 1 amide bonds. The second kappa shape index (κ2) is 14.3. The molecule has 1 aliphatic rings. The number of H-pyrrole nitrogens is 1. The normalized spacial score (nSPS) is 17.6. The van der Waals surface area contributed by atoms with E-state index in [2.05, 4.69) is 105 Å². The number of carbonyl (C=O) groups excluding carboxylic acids is 1. The number of carbonyl (C=O) groups is 1. The largest absolute Gasteiger partial charge is 0.351 e. The van der Waals surface area contributed by atoms with Gasteiger partial charge in [0.2, 0.25) is 0 Å². The Hall–Kier alpha value is -4.27. The van der Waals surface area contributed by atoms with Gasteiger partial charge < -0.3 is 10.3 Å². The number of hydrogen-bond acceptors (Lipinski definition) is 4. The Labute approximate surface area is 290 Å². The zero-order valence-electron chi connectivity index (χ0n) is 28.9. The lowest BCUT2D eigenvalue weighted by molar-refractivity contribution is 0.0956. The molecule has 1 saturated carbocycles. The predicted molar refractivity (Wildman–Crippen MR) is 198 cm³/mol. The number of aromatic amines is 1. The predicted octanol–water partition coefficient (Wildman–Crippen LogP) is 8.81. The summed E-state index contributed by atoms with van der Waals surface area (Å²) in [6.07, 6.45) is 5.69. The summed E-state index contributed by atoms with van der Waals surface area (Å²) in [5.74, 6) is 1.33. The summed E-state index contributed by atoms with van der Waals surface area (Å²) < 4.78 is 31.0. The molecule has 0 aliphatic heterocycles. The average Bonchev–Trinajstić information content (AvgIpc) is 3.50. The van der Waals surface area contributed by atoms with Gasteiger partial charge in [0.05, 0.1) is 16.8 Å². The number of fused-ring (bicyclic) bond motifs is 1. The van der Waals surface area contributed by atoms with E-state index in [1.165, 1.54) is 42.4 Å². The van der Waals surface area contributed by atoms with E-state index >= 15 is 0 Å². The molecule has 1 unspecified atom stereocenters. The number of aromatic nitrogens is 2. The van der Waals surface area contributed by atoms with E-state index in [0.717, 1.165) is 39.5 Å². The molecular formula is C41H47N3O4S. The number of rotatable bonds is 10. The number of nitrogens with one attached hydrogen (secondary N) is 2. The van der Waals surface area contributed by atoms with Crippen molar-refractivity contribution in [1.29, 1.82) is 0 Å². The molecule has 1 fully saturated rings. The van der Waals surface area contributed by atoms with Crippen LogP contribution >= 0.6 is 0 Å². The second-order valence-corrected chi connectivity index (χ2v) is 16.4. The van der Waals surface area contributed by atoms with Gasteiger partial charge in [-0.1, -0.05) is 107 Å². The van der Waals surface area contributed by atoms with Gasteiger partial charge in [-0.3, -0.25) is 9.35 Å². The minimum atomic E-state index is -4.14. The van der Waals surface area contributed by atoms with Crippen molar-refractivity contribution in [3.05, 3.63) is 125 Å². The molecule has 1 atom stereocenters. The summed E-state index contributed by atoms with van der Waals surface area (Å²) in [4.78, 5) is 21.4. The van der Waals surface area contributed by atoms with E-state index in [4.69, 9.17) is 9.54 Å². The fourth-order valence-electron chi connectivity index (χ4n) is 6.93. The van der Waals surface area contributed by atoms with Gasteiger partial charge in [-0.25, -0.2) is 4.98 Å². The molecule has 256 valence electrons. The molecule has 3 N–H and O–H groups in total. The first-order valence-corrected chi connectivity index (χ1v) is 19.0. The van der Waals surface area contributed by atoms with Crippen molar-refractivity contribution in [2.24, 2.45) is 5.92 Å². The van der Waals surface area contributed by atoms with Crippen LogP contribution in [0.4, 0.5) is 0 Å². The van der Waals surface area contributed by atoms with Crippen LogP contribution in [0, 0.1) is 5.92 Å². The third-order valence-electron chi connectivity index (χ3n) is 10.0. The maximum absolute atomic E-state index is 12.6. The highest BCUT2D eigenvalue weighted by molar-refractivity contribution is 7.85. The van der Waals surface area contributed by atoms with E-state index in [1.54, 1.807) is 12.1 Å². The van der Waals surface area contributed by atoms with Gasteiger partial charge in [0, 0.05) is 18.0 Å². The van der Waals surface area contributed by atoms with Gasteiger partial charge in [-0.2, -0.15) is 8.42 Å². The highest BCUT2D eigenvalue weighted by Crippen LogP contribution is 2.37. The van der Waals surface area contributed by atoms with Crippen molar-refractivity contribution in [1.82, 2.24) is 15.3 Å². The van der Waals surface area contributed by atoms with Crippen LogP contribution in [0.3, 0.4) is 0 Å². The Morgan fingerprint density at radius 3 is 2.14 bits per heavy atom. The zero-order chi connectivity index (χ0) is 34.8. The van der Waals surface area contributed by atoms with Crippen LogP contribution in [-0.4, -0.2) is 41.1 Å². The number of benzene rings is 4. The third kappa shape index (κ3) is 8.67. The first-order chi connectivity index (χ1) is 23.3. The van der Waals surface area contributed by atoms with Crippen molar-refractivity contribution in [2.75, 3.05) is 12.3 Å². The van der Waals surface area contributed by atoms with Crippen LogP contribution in [0.25, 0.3) is 22.2 Å². The first-order valence-electron chi connectivity index (χ1n) is 17.3. The summed E-state index contributed by atoms with van der Waals surface area (Å²) in [6, 6.07) is 31.6. The van der Waals surface area contributed by atoms with Crippen molar-refractivity contribution in [3.63, 3.8) is 0 Å². The Balaban J connectivity index is 1.27. The Morgan fingerprint density at radius 2 is 1.53 bits per heavy atom. The summed E-state index contributed by atoms with van der Waals surface area (Å²) in [7, 11) is -4.14. The lowest BCUT2D eigenvalue weighted by Crippen LogP contribution is -2.28. The highest BCUT2D eigenvalue weighted by Gasteiger charge is 2.23. The Bertz CT molecular complexity index is 2000. The van der Waals surface area contributed by atoms with Gasteiger partial charge in [0.25, 0.3) is 16.0 Å². The third-order valence-corrected chi connectivity index (χ3v) is 10.8. The topological polar surface area (TPSA) is 112 Å². The second-order valence-electron chi connectivity index (χ2n) is 14.8. The average molecular weight is 678 g/mol. The molecule has 1 aliphatic carbocycles. The number of imidazole rings is 1. The van der Waals surface area contributed by atoms with E-state index in [9.17, 15) is 13.2 Å². The molecule has 1 heterocycles. The summed E-state index contributed by atoms with van der Waals surface area (Å²) >= 11 is 0. The van der Waals surface area contributed by atoms with Gasteiger partial charge in [-0.05, 0) is 94.2 Å². The number of amides is 1. The van der Waals surface area contributed by atoms with Crippen molar-refractivity contribution in [2.45, 2.75) is 77.0 Å². The summed E-state index contributed by atoms with van der Waals surface area (Å²) in [6.45, 7) is 8.87. The molecule has 0 radical (unpaired) electrons. The molecule has 0 bridgehead atoms. The molecule has 8 heteroatoms. The van der Waals surface area contributed by atoms with Gasteiger partial charge >= 0.3 is 0 Å². The Kier molecular flexibility index (Phi) is 10.1. The van der Waals surface area contributed by atoms with Gasteiger partial charge in [0.1, 0.15) is 5.82 Å². The fraction of sp³-hybridized carbons (Fsp3) is 0.366. The lowest BCUT2D eigenvalue weighted by atomic mass is 9.79. The van der Waals surface area contributed by atoms with Crippen molar-refractivity contribution in [3.8, 4) is 11.1 Å². The molecule has 6 rings (SSSR count). The Morgan fingerprint density at radius 1 is 0.898 bits per heavy atom. The van der Waals surface area contributed by atoms with Gasteiger partial charge in [0.15, 0.2) is 0 Å². The minimum absolute atomic E-state index is 0.0573. The monoisotopic (exact) mass is 677 g/mol. The smallest absolute Gasteiger partial charge is 0.266 e. The molecule has 49 heavy (non-hydrogen) atoms. The zero-order valence-corrected chi connectivity index (χ0v) is 29.7. The van der Waals surface area contributed by atoms with Crippen LogP contribution in [0.1, 0.15) is 104 Å². The maximum atomic E-state index is 12.6. The number of hydrogen-bond donors (Lipinski definition) is 3. The fourth-order valence-corrected chi connectivity index (χ4v) is 7.29. The standard InChI is InChI=1S/C41H47N3O4S/c1-27-5-9-31(10-6-27)34-19-22-37-38(26-34)44-39(43-37)36(25-28-7-11-33(12-8-28)40(45)42-23-24-49(46,47)48)32-15-13-29(14-16-32)30-17-20-35(21-18-30)41(2,3)4/h7-8,11-22,26-27,31,36H,5-6,9-10,23-25H2,1-4H3,(H,42,45)(H,43,44)(H,46,47,48).